The molecule has 0 spiro atoms. The Morgan fingerprint density at radius 1 is 1.00 bits per heavy atom. The molecule has 1 aliphatic carbocycles. The van der Waals surface area contributed by atoms with Crippen LogP contribution in [0.25, 0.3) is 0 Å². The van der Waals surface area contributed by atoms with Crippen molar-refractivity contribution in [1.82, 2.24) is 10.2 Å². The molecular formula is C35H50ClN3O3. The van der Waals surface area contributed by atoms with Gasteiger partial charge in [-0.25, -0.2) is 0 Å². The van der Waals surface area contributed by atoms with Gasteiger partial charge in [-0.05, 0) is 70.0 Å². The normalized spacial score (nSPS) is 17.8. The SMILES string of the molecule is CCCN(CCC)C(=O)C1=CC(C)=CC(C(N)=O)([C@H](Cc2ccccc2)[C@@H](O)CNCCCc2ccc(C)cc2)C1.Cl. The number of carbonyl (C=O) groups is 2. The van der Waals surface area contributed by atoms with Gasteiger partial charge in [0.05, 0.1) is 11.5 Å². The van der Waals surface area contributed by atoms with Crippen molar-refractivity contribution in [2.75, 3.05) is 26.2 Å². The molecule has 0 saturated heterocycles. The number of halogens is 1. The van der Waals surface area contributed by atoms with Gasteiger partial charge in [0.25, 0.3) is 0 Å². The van der Waals surface area contributed by atoms with E-state index in [0.717, 1.165) is 43.4 Å². The van der Waals surface area contributed by atoms with Gasteiger partial charge in [-0.15, -0.1) is 12.4 Å². The number of nitrogens with zero attached hydrogens (tertiary/aromatic N) is 1. The Morgan fingerprint density at radius 3 is 2.24 bits per heavy atom. The van der Waals surface area contributed by atoms with Gasteiger partial charge in [-0.3, -0.25) is 9.59 Å². The van der Waals surface area contributed by atoms with Crippen LogP contribution in [-0.4, -0.2) is 54.1 Å². The van der Waals surface area contributed by atoms with Crippen LogP contribution in [0.2, 0.25) is 0 Å². The molecule has 0 heterocycles. The van der Waals surface area contributed by atoms with Gasteiger partial charge in [0.1, 0.15) is 0 Å². The molecule has 0 bridgehead atoms. The fourth-order valence-electron chi connectivity index (χ4n) is 6.01. The summed E-state index contributed by atoms with van der Waals surface area (Å²) in [5.74, 6) is -1.06. The second-order valence-electron chi connectivity index (χ2n) is 11.6. The predicted molar refractivity (Wildman–Crippen MR) is 175 cm³/mol. The highest BCUT2D eigenvalue weighted by Gasteiger charge is 2.48. The number of aliphatic hydroxyl groups is 1. The lowest BCUT2D eigenvalue weighted by Gasteiger charge is -2.42. The molecule has 0 saturated carbocycles. The van der Waals surface area contributed by atoms with Crippen LogP contribution < -0.4 is 11.1 Å². The monoisotopic (exact) mass is 595 g/mol. The largest absolute Gasteiger partial charge is 0.391 e. The molecule has 0 aliphatic heterocycles. The molecule has 7 heteroatoms. The lowest BCUT2D eigenvalue weighted by Crippen LogP contribution is -2.52. The molecule has 2 amide bonds. The number of aliphatic hydroxyl groups excluding tert-OH is 1. The predicted octanol–water partition coefficient (Wildman–Crippen LogP) is 5.56. The summed E-state index contributed by atoms with van der Waals surface area (Å²) in [6.45, 7) is 10.5. The fraction of sp³-hybridized carbons (Fsp3) is 0.486. The maximum absolute atomic E-state index is 13.7. The van der Waals surface area contributed by atoms with E-state index in [2.05, 4.69) is 50.4 Å². The van der Waals surface area contributed by atoms with Gasteiger partial charge in [0.2, 0.25) is 11.8 Å². The first-order valence-electron chi connectivity index (χ1n) is 15.2. The second-order valence-corrected chi connectivity index (χ2v) is 11.6. The molecule has 4 N–H and O–H groups in total. The third kappa shape index (κ3) is 9.55. The molecule has 0 fully saturated rings. The molecule has 230 valence electrons. The lowest BCUT2D eigenvalue weighted by atomic mass is 9.63. The van der Waals surface area contributed by atoms with Crippen molar-refractivity contribution < 1.29 is 14.7 Å². The molecule has 6 nitrogen and oxygen atoms in total. The standard InChI is InChI=1S/C35H49N3O3.ClH/c1-5-19-38(20-6-2)33(40)30-21-27(4)23-35(24-30,34(36)41)31(22-29-11-8-7-9-12-29)32(39)25-37-18-10-13-28-16-14-26(3)15-17-28;/h7-9,11-12,14-17,21,23,31-32,37,39H,5-6,10,13,18-20,22,24-25H2,1-4H3,(H2,36,41);1H/t31-,32+,35?;/m1./s1. The minimum Gasteiger partial charge on any atom is -0.391 e. The highest BCUT2D eigenvalue weighted by molar-refractivity contribution is 5.97. The Kier molecular flexibility index (Phi) is 14.5. The Morgan fingerprint density at radius 2 is 1.64 bits per heavy atom. The number of allylic oxidation sites excluding steroid dienone is 2. The summed E-state index contributed by atoms with van der Waals surface area (Å²) in [5, 5.41) is 15.1. The van der Waals surface area contributed by atoms with E-state index in [1.807, 2.05) is 54.3 Å². The van der Waals surface area contributed by atoms with Crippen molar-refractivity contribution in [2.45, 2.75) is 72.3 Å². The summed E-state index contributed by atoms with van der Waals surface area (Å²) >= 11 is 0. The van der Waals surface area contributed by atoms with Crippen LogP contribution in [-0.2, 0) is 22.4 Å². The van der Waals surface area contributed by atoms with Crippen LogP contribution in [0.4, 0.5) is 0 Å². The molecular weight excluding hydrogens is 546 g/mol. The number of benzene rings is 2. The first kappa shape index (κ1) is 35.3. The van der Waals surface area contributed by atoms with Gasteiger partial charge in [-0.2, -0.15) is 0 Å². The number of carbonyl (C=O) groups excluding carboxylic acids is 2. The lowest BCUT2D eigenvalue weighted by molar-refractivity contribution is -0.132. The van der Waals surface area contributed by atoms with Crippen molar-refractivity contribution in [2.24, 2.45) is 17.1 Å². The minimum atomic E-state index is -1.19. The van der Waals surface area contributed by atoms with E-state index in [-0.39, 0.29) is 24.7 Å². The molecule has 1 unspecified atom stereocenters. The van der Waals surface area contributed by atoms with Gasteiger partial charge in [0.15, 0.2) is 0 Å². The molecule has 2 aromatic rings. The van der Waals surface area contributed by atoms with Crippen LogP contribution in [0.5, 0.6) is 0 Å². The number of primary amides is 1. The number of hydrogen-bond acceptors (Lipinski definition) is 4. The van der Waals surface area contributed by atoms with E-state index in [9.17, 15) is 14.7 Å². The third-order valence-electron chi connectivity index (χ3n) is 8.10. The maximum Gasteiger partial charge on any atom is 0.249 e. The van der Waals surface area contributed by atoms with Crippen molar-refractivity contribution in [3.05, 3.63) is 94.6 Å². The fourth-order valence-corrected chi connectivity index (χ4v) is 6.01. The first-order valence-corrected chi connectivity index (χ1v) is 15.2. The van der Waals surface area contributed by atoms with E-state index in [4.69, 9.17) is 5.73 Å². The van der Waals surface area contributed by atoms with Crippen LogP contribution in [0.15, 0.2) is 77.9 Å². The van der Waals surface area contributed by atoms with E-state index in [1.54, 1.807) is 0 Å². The average Bonchev–Trinajstić information content (AvgIpc) is 2.96. The molecule has 1 aliphatic rings. The highest BCUT2D eigenvalue weighted by atomic mass is 35.5. The molecule has 0 aromatic heterocycles. The van der Waals surface area contributed by atoms with Crippen LogP contribution in [0, 0.1) is 18.3 Å². The Labute approximate surface area is 258 Å². The van der Waals surface area contributed by atoms with Crippen LogP contribution in [0.1, 0.15) is 63.1 Å². The summed E-state index contributed by atoms with van der Waals surface area (Å²) in [5.41, 5.74) is 9.97. The summed E-state index contributed by atoms with van der Waals surface area (Å²) < 4.78 is 0. The van der Waals surface area contributed by atoms with E-state index in [0.29, 0.717) is 31.6 Å². The Hall–Kier alpha value is -2.93. The highest BCUT2D eigenvalue weighted by Crippen LogP contribution is 2.44. The smallest absolute Gasteiger partial charge is 0.249 e. The van der Waals surface area contributed by atoms with Crippen molar-refractivity contribution in [1.29, 1.82) is 0 Å². The first-order chi connectivity index (χ1) is 19.7. The molecule has 42 heavy (non-hydrogen) atoms. The average molecular weight is 596 g/mol. The van der Waals surface area contributed by atoms with Crippen molar-refractivity contribution in [3.63, 3.8) is 0 Å². The topological polar surface area (TPSA) is 95.7 Å². The maximum atomic E-state index is 13.7. The molecule has 3 atom stereocenters. The van der Waals surface area contributed by atoms with E-state index < -0.39 is 23.3 Å². The third-order valence-corrected chi connectivity index (χ3v) is 8.10. The molecule has 3 rings (SSSR count). The molecule has 0 radical (unpaired) electrons. The summed E-state index contributed by atoms with van der Waals surface area (Å²) in [6, 6.07) is 18.5. The number of hydrogen-bond donors (Lipinski definition) is 3. The number of nitrogens with one attached hydrogen (secondary N) is 1. The van der Waals surface area contributed by atoms with Crippen LogP contribution in [0.3, 0.4) is 0 Å². The summed E-state index contributed by atoms with van der Waals surface area (Å²) in [6.07, 6.45) is 7.19. The zero-order valence-electron chi connectivity index (χ0n) is 25.8. The summed E-state index contributed by atoms with van der Waals surface area (Å²) in [7, 11) is 0. The summed E-state index contributed by atoms with van der Waals surface area (Å²) in [4.78, 5) is 28.9. The Bertz CT molecular complexity index is 1190. The van der Waals surface area contributed by atoms with Gasteiger partial charge < -0.3 is 21.1 Å². The number of aryl methyl sites for hydroxylation is 2. The Balaban J connectivity index is 0.00000616. The minimum absolute atomic E-state index is 0. The van der Waals surface area contributed by atoms with E-state index in [1.165, 1.54) is 11.1 Å². The van der Waals surface area contributed by atoms with Gasteiger partial charge in [0, 0.05) is 31.1 Å². The van der Waals surface area contributed by atoms with E-state index >= 15 is 0 Å². The van der Waals surface area contributed by atoms with Gasteiger partial charge in [-0.1, -0.05) is 91.7 Å². The zero-order valence-corrected chi connectivity index (χ0v) is 26.6. The van der Waals surface area contributed by atoms with Gasteiger partial charge >= 0.3 is 0 Å². The molecule has 2 aromatic carbocycles. The van der Waals surface area contributed by atoms with Crippen molar-refractivity contribution in [3.8, 4) is 0 Å². The quantitative estimate of drug-likeness (QED) is 0.222. The second kappa shape index (κ2) is 17.3. The van der Waals surface area contributed by atoms with Crippen molar-refractivity contribution >= 4 is 24.2 Å². The number of nitrogens with two attached hydrogens (primary N) is 1. The zero-order chi connectivity index (χ0) is 29.8. The number of amides is 2. The number of rotatable bonds is 16. The van der Waals surface area contributed by atoms with Crippen LogP contribution >= 0.6 is 12.4 Å².